The molecule has 2 unspecified atom stereocenters. The van der Waals surface area contributed by atoms with Crippen molar-refractivity contribution in [2.45, 2.75) is 45.7 Å². The molecule has 0 aliphatic carbocycles. The van der Waals surface area contributed by atoms with Crippen LogP contribution in [0.3, 0.4) is 0 Å². The van der Waals surface area contributed by atoms with Crippen LogP contribution in [-0.4, -0.2) is 51.5 Å². The summed E-state index contributed by atoms with van der Waals surface area (Å²) in [5.41, 5.74) is 2.75. The zero-order chi connectivity index (χ0) is 17.8. The number of nitrogens with one attached hydrogen (secondary N) is 1. The van der Waals surface area contributed by atoms with Crippen LogP contribution in [0.15, 0.2) is 30.5 Å². The Labute approximate surface area is 149 Å². The molecule has 1 aromatic heterocycles. The van der Waals surface area contributed by atoms with Gasteiger partial charge in [-0.25, -0.2) is 4.68 Å². The summed E-state index contributed by atoms with van der Waals surface area (Å²) < 4.78 is 1.74. The van der Waals surface area contributed by atoms with Crippen LogP contribution >= 0.6 is 0 Å². The van der Waals surface area contributed by atoms with Gasteiger partial charge in [0.25, 0.3) is 5.91 Å². The Morgan fingerprint density at radius 1 is 1.36 bits per heavy atom. The van der Waals surface area contributed by atoms with Crippen LogP contribution in [0.25, 0.3) is 0 Å². The predicted octanol–water partition coefficient (Wildman–Crippen LogP) is 2.41. The van der Waals surface area contributed by atoms with E-state index in [-0.39, 0.29) is 11.9 Å². The molecule has 0 radical (unpaired) electrons. The van der Waals surface area contributed by atoms with Crippen LogP contribution in [0.2, 0.25) is 0 Å². The summed E-state index contributed by atoms with van der Waals surface area (Å²) in [4.78, 5) is 14.8. The molecule has 134 valence electrons. The van der Waals surface area contributed by atoms with E-state index in [1.165, 1.54) is 12.0 Å². The second kappa shape index (κ2) is 7.78. The monoisotopic (exact) mass is 341 g/mol. The van der Waals surface area contributed by atoms with Crippen LogP contribution in [-0.2, 0) is 0 Å². The standard InChI is InChI=1S/C19H27N5O/c1-4-23-11-5-6-17(23)12-20-19(25)18-13-24(22-21-18)15(3)16-9-7-14(2)8-10-16/h7-10,13,15,17H,4-6,11-12H2,1-3H3,(H,20,25). The molecule has 3 rings (SSSR count). The van der Waals surface area contributed by atoms with Crippen LogP contribution in [0.4, 0.5) is 0 Å². The number of carbonyl (C=O) groups is 1. The Balaban J connectivity index is 1.60. The van der Waals surface area contributed by atoms with Crippen LogP contribution in [0.1, 0.15) is 54.3 Å². The molecule has 0 bridgehead atoms. The Kier molecular flexibility index (Phi) is 5.48. The van der Waals surface area contributed by atoms with Gasteiger partial charge in [-0.1, -0.05) is 42.0 Å². The van der Waals surface area contributed by atoms with Crippen LogP contribution in [0, 0.1) is 6.92 Å². The third-order valence-corrected chi connectivity index (χ3v) is 5.10. The minimum absolute atomic E-state index is 0.0417. The third kappa shape index (κ3) is 4.07. The molecule has 0 spiro atoms. The number of aryl methyl sites for hydroxylation is 1. The minimum atomic E-state index is -0.148. The molecule has 1 amide bonds. The summed E-state index contributed by atoms with van der Waals surface area (Å²) in [6, 6.07) is 8.81. The first-order chi connectivity index (χ1) is 12.1. The molecule has 1 saturated heterocycles. The molecule has 2 aromatic rings. The van der Waals surface area contributed by atoms with Gasteiger partial charge in [0.15, 0.2) is 5.69 Å². The van der Waals surface area contributed by atoms with Crippen molar-refractivity contribution in [2.24, 2.45) is 0 Å². The molecule has 2 heterocycles. The quantitative estimate of drug-likeness (QED) is 0.876. The molecular formula is C19H27N5O. The van der Waals surface area contributed by atoms with Gasteiger partial charge in [-0.05, 0) is 45.3 Å². The van der Waals surface area contributed by atoms with Crippen molar-refractivity contribution >= 4 is 5.91 Å². The highest BCUT2D eigenvalue weighted by Gasteiger charge is 2.24. The number of likely N-dealkylation sites (N-methyl/N-ethyl adjacent to an activating group) is 1. The normalized spacial score (nSPS) is 19.1. The zero-order valence-electron chi connectivity index (χ0n) is 15.3. The average Bonchev–Trinajstić information content (AvgIpc) is 3.29. The first-order valence-electron chi connectivity index (χ1n) is 9.09. The Bertz CT molecular complexity index is 709. The van der Waals surface area contributed by atoms with E-state index < -0.39 is 0 Å². The van der Waals surface area contributed by atoms with Crippen molar-refractivity contribution < 1.29 is 4.79 Å². The highest BCUT2D eigenvalue weighted by Crippen LogP contribution is 2.18. The van der Waals surface area contributed by atoms with Crippen molar-refractivity contribution in [3.05, 3.63) is 47.3 Å². The number of rotatable bonds is 6. The van der Waals surface area contributed by atoms with Crippen molar-refractivity contribution in [1.82, 2.24) is 25.2 Å². The van der Waals surface area contributed by atoms with Gasteiger partial charge >= 0.3 is 0 Å². The van der Waals surface area contributed by atoms with E-state index in [0.717, 1.165) is 25.1 Å². The summed E-state index contributed by atoms with van der Waals surface area (Å²) in [5.74, 6) is -0.148. The van der Waals surface area contributed by atoms with Gasteiger partial charge < -0.3 is 5.32 Å². The van der Waals surface area contributed by atoms with Gasteiger partial charge in [0.1, 0.15) is 0 Å². The molecule has 6 nitrogen and oxygen atoms in total. The number of amides is 1. The third-order valence-electron chi connectivity index (χ3n) is 5.10. The molecule has 1 N–H and O–H groups in total. The number of aromatic nitrogens is 3. The fourth-order valence-corrected chi connectivity index (χ4v) is 3.41. The summed E-state index contributed by atoms with van der Waals surface area (Å²) in [5, 5.41) is 11.2. The lowest BCUT2D eigenvalue weighted by molar-refractivity contribution is 0.0936. The average molecular weight is 341 g/mol. The molecule has 1 aliphatic heterocycles. The van der Waals surface area contributed by atoms with E-state index in [4.69, 9.17) is 0 Å². The second-order valence-corrected chi connectivity index (χ2v) is 6.81. The summed E-state index contributed by atoms with van der Waals surface area (Å²) >= 11 is 0. The Hall–Kier alpha value is -2.21. The topological polar surface area (TPSA) is 63.1 Å². The summed E-state index contributed by atoms with van der Waals surface area (Å²) in [6.45, 7) is 9.12. The number of benzene rings is 1. The molecule has 6 heteroatoms. The van der Waals surface area contributed by atoms with E-state index in [1.807, 2.05) is 0 Å². The van der Waals surface area contributed by atoms with Crippen LogP contribution < -0.4 is 5.32 Å². The maximum atomic E-state index is 12.4. The second-order valence-electron chi connectivity index (χ2n) is 6.81. The number of likely N-dealkylation sites (tertiary alicyclic amines) is 1. The van der Waals surface area contributed by atoms with Gasteiger partial charge in [-0.3, -0.25) is 9.69 Å². The maximum absolute atomic E-state index is 12.4. The number of nitrogens with zero attached hydrogens (tertiary/aromatic N) is 4. The first-order valence-corrected chi connectivity index (χ1v) is 9.09. The Morgan fingerprint density at radius 3 is 2.84 bits per heavy atom. The van der Waals surface area contributed by atoms with Crippen molar-refractivity contribution in [2.75, 3.05) is 19.6 Å². The lowest BCUT2D eigenvalue weighted by Gasteiger charge is -2.22. The van der Waals surface area contributed by atoms with Gasteiger partial charge in [-0.2, -0.15) is 0 Å². The predicted molar refractivity (Wildman–Crippen MR) is 97.6 cm³/mol. The molecule has 0 saturated carbocycles. The molecule has 1 aromatic carbocycles. The number of hydrogen-bond acceptors (Lipinski definition) is 4. The van der Waals surface area contributed by atoms with Gasteiger partial charge in [0.2, 0.25) is 0 Å². The zero-order valence-corrected chi connectivity index (χ0v) is 15.3. The molecule has 1 fully saturated rings. The van der Waals surface area contributed by atoms with E-state index in [0.29, 0.717) is 18.3 Å². The van der Waals surface area contributed by atoms with Gasteiger partial charge in [0, 0.05) is 12.6 Å². The Morgan fingerprint density at radius 2 is 2.12 bits per heavy atom. The largest absolute Gasteiger partial charge is 0.349 e. The van der Waals surface area contributed by atoms with Gasteiger partial charge in [0.05, 0.1) is 12.2 Å². The highest BCUT2D eigenvalue weighted by atomic mass is 16.2. The van der Waals surface area contributed by atoms with E-state index in [1.54, 1.807) is 10.9 Å². The molecule has 2 atom stereocenters. The lowest BCUT2D eigenvalue weighted by atomic mass is 10.1. The highest BCUT2D eigenvalue weighted by molar-refractivity contribution is 5.91. The SMILES string of the molecule is CCN1CCCC1CNC(=O)c1cn(C(C)c2ccc(C)cc2)nn1. The smallest absolute Gasteiger partial charge is 0.273 e. The molecular weight excluding hydrogens is 314 g/mol. The van der Waals surface area contributed by atoms with Crippen molar-refractivity contribution in [3.63, 3.8) is 0 Å². The number of hydrogen-bond donors (Lipinski definition) is 1. The molecule has 25 heavy (non-hydrogen) atoms. The van der Waals surface area contributed by atoms with Crippen LogP contribution in [0.5, 0.6) is 0 Å². The fraction of sp³-hybridized carbons (Fsp3) is 0.526. The maximum Gasteiger partial charge on any atom is 0.273 e. The fourth-order valence-electron chi connectivity index (χ4n) is 3.41. The van der Waals surface area contributed by atoms with E-state index in [9.17, 15) is 4.79 Å². The summed E-state index contributed by atoms with van der Waals surface area (Å²) in [7, 11) is 0. The van der Waals surface area contributed by atoms with Crippen molar-refractivity contribution in [3.8, 4) is 0 Å². The van der Waals surface area contributed by atoms with Crippen molar-refractivity contribution in [1.29, 1.82) is 0 Å². The first kappa shape index (κ1) is 17.6. The summed E-state index contributed by atoms with van der Waals surface area (Å²) in [6.07, 6.45) is 4.08. The molecule has 1 aliphatic rings. The lowest BCUT2D eigenvalue weighted by Crippen LogP contribution is -2.40. The van der Waals surface area contributed by atoms with E-state index >= 15 is 0 Å². The minimum Gasteiger partial charge on any atom is -0.349 e. The number of carbonyl (C=O) groups excluding carboxylic acids is 1. The van der Waals surface area contributed by atoms with Gasteiger partial charge in [-0.15, -0.1) is 5.10 Å². The van der Waals surface area contributed by atoms with E-state index in [2.05, 4.69) is 65.6 Å².